The Labute approximate surface area is 123 Å². The van der Waals surface area contributed by atoms with Crippen molar-refractivity contribution >= 4 is 12.4 Å². The van der Waals surface area contributed by atoms with E-state index in [1.807, 2.05) is 0 Å². The summed E-state index contributed by atoms with van der Waals surface area (Å²) in [6, 6.07) is 0. The molecule has 0 aliphatic carbocycles. The average Bonchev–Trinajstić information content (AvgIpc) is 3.02. The van der Waals surface area contributed by atoms with Crippen LogP contribution in [0, 0.1) is 10.8 Å². The second-order valence-electron chi connectivity index (χ2n) is 6.85. The van der Waals surface area contributed by atoms with E-state index in [0.717, 1.165) is 13.2 Å². The minimum atomic E-state index is 0. The molecule has 0 amide bonds. The van der Waals surface area contributed by atoms with Gasteiger partial charge in [-0.05, 0) is 56.0 Å². The molecular formula is C15H29ClN2O. The molecule has 0 radical (unpaired) electrons. The number of halogens is 1. The summed E-state index contributed by atoms with van der Waals surface area (Å²) in [6.45, 7) is 10.8. The summed E-state index contributed by atoms with van der Waals surface area (Å²) >= 11 is 0. The quantitative estimate of drug-likeness (QED) is 0.862. The second-order valence-corrected chi connectivity index (χ2v) is 6.85. The van der Waals surface area contributed by atoms with Crippen LogP contribution in [-0.2, 0) is 4.74 Å². The van der Waals surface area contributed by atoms with E-state index in [1.54, 1.807) is 0 Å². The third-order valence-corrected chi connectivity index (χ3v) is 5.71. The van der Waals surface area contributed by atoms with Crippen molar-refractivity contribution < 1.29 is 4.74 Å². The van der Waals surface area contributed by atoms with Gasteiger partial charge in [-0.1, -0.05) is 6.92 Å². The molecule has 3 saturated heterocycles. The highest BCUT2D eigenvalue weighted by molar-refractivity contribution is 5.85. The van der Waals surface area contributed by atoms with Crippen molar-refractivity contribution in [3.63, 3.8) is 0 Å². The third kappa shape index (κ3) is 3.26. The van der Waals surface area contributed by atoms with Gasteiger partial charge in [-0.25, -0.2) is 0 Å². The fourth-order valence-electron chi connectivity index (χ4n) is 4.21. The SMILES string of the molecule is CCC1(CN2CCC3(CCNC3)C2)CCOCC1.Cl. The Bertz CT molecular complexity index is 286. The van der Waals surface area contributed by atoms with Crippen molar-refractivity contribution in [3.8, 4) is 0 Å². The number of ether oxygens (including phenoxy) is 1. The van der Waals surface area contributed by atoms with Gasteiger partial charge in [0.25, 0.3) is 0 Å². The van der Waals surface area contributed by atoms with Gasteiger partial charge in [-0.15, -0.1) is 12.4 Å². The first-order valence-corrected chi connectivity index (χ1v) is 7.77. The zero-order valence-corrected chi connectivity index (χ0v) is 13.1. The van der Waals surface area contributed by atoms with E-state index in [0.29, 0.717) is 10.8 Å². The molecule has 1 spiro atoms. The molecule has 0 aromatic carbocycles. The molecule has 4 heteroatoms. The molecule has 0 saturated carbocycles. The number of nitrogens with zero attached hydrogens (tertiary/aromatic N) is 1. The summed E-state index contributed by atoms with van der Waals surface area (Å²) < 4.78 is 5.56. The van der Waals surface area contributed by atoms with Crippen LogP contribution in [0.15, 0.2) is 0 Å². The molecule has 1 unspecified atom stereocenters. The van der Waals surface area contributed by atoms with Crippen LogP contribution in [-0.4, -0.2) is 50.8 Å². The van der Waals surface area contributed by atoms with Crippen molar-refractivity contribution in [1.82, 2.24) is 10.2 Å². The molecule has 3 aliphatic heterocycles. The smallest absolute Gasteiger partial charge is 0.0471 e. The van der Waals surface area contributed by atoms with Crippen molar-refractivity contribution in [2.45, 2.75) is 39.0 Å². The van der Waals surface area contributed by atoms with E-state index in [4.69, 9.17) is 4.74 Å². The summed E-state index contributed by atoms with van der Waals surface area (Å²) in [6.07, 6.45) is 6.66. The lowest BCUT2D eigenvalue weighted by Crippen LogP contribution is -2.41. The highest BCUT2D eigenvalue weighted by Crippen LogP contribution is 2.40. The van der Waals surface area contributed by atoms with Crippen LogP contribution in [0.25, 0.3) is 0 Å². The minimum Gasteiger partial charge on any atom is -0.381 e. The zero-order valence-electron chi connectivity index (χ0n) is 12.2. The molecule has 0 aromatic heterocycles. The Kier molecular flexibility index (Phi) is 5.15. The predicted octanol–water partition coefficient (Wildman–Crippen LogP) is 2.30. The number of likely N-dealkylation sites (tertiary alicyclic amines) is 1. The average molecular weight is 289 g/mol. The van der Waals surface area contributed by atoms with Gasteiger partial charge in [0.2, 0.25) is 0 Å². The van der Waals surface area contributed by atoms with Crippen molar-refractivity contribution in [2.75, 3.05) is 45.9 Å². The minimum absolute atomic E-state index is 0. The maximum absolute atomic E-state index is 5.56. The van der Waals surface area contributed by atoms with Crippen LogP contribution < -0.4 is 5.32 Å². The number of hydrogen-bond donors (Lipinski definition) is 1. The van der Waals surface area contributed by atoms with E-state index in [1.165, 1.54) is 64.8 Å². The first-order chi connectivity index (χ1) is 8.76. The zero-order chi connectivity index (χ0) is 12.5. The van der Waals surface area contributed by atoms with Gasteiger partial charge in [-0.3, -0.25) is 0 Å². The van der Waals surface area contributed by atoms with Crippen LogP contribution in [0.1, 0.15) is 39.0 Å². The largest absolute Gasteiger partial charge is 0.381 e. The molecular weight excluding hydrogens is 260 g/mol. The molecule has 3 rings (SSSR count). The summed E-state index contributed by atoms with van der Waals surface area (Å²) in [5, 5.41) is 3.56. The molecule has 1 N–H and O–H groups in total. The van der Waals surface area contributed by atoms with Crippen LogP contribution in [0.4, 0.5) is 0 Å². The summed E-state index contributed by atoms with van der Waals surface area (Å²) in [4.78, 5) is 2.75. The Morgan fingerprint density at radius 2 is 1.95 bits per heavy atom. The van der Waals surface area contributed by atoms with Gasteiger partial charge in [0.15, 0.2) is 0 Å². The number of rotatable bonds is 3. The van der Waals surface area contributed by atoms with Gasteiger partial charge < -0.3 is 15.0 Å². The maximum atomic E-state index is 5.56. The molecule has 3 aliphatic rings. The lowest BCUT2D eigenvalue weighted by Gasteiger charge is -2.39. The molecule has 1 atom stereocenters. The molecule has 3 fully saturated rings. The van der Waals surface area contributed by atoms with E-state index < -0.39 is 0 Å². The highest BCUT2D eigenvalue weighted by atomic mass is 35.5. The topological polar surface area (TPSA) is 24.5 Å². The third-order valence-electron chi connectivity index (χ3n) is 5.71. The summed E-state index contributed by atoms with van der Waals surface area (Å²) in [5.41, 5.74) is 1.18. The molecule has 19 heavy (non-hydrogen) atoms. The van der Waals surface area contributed by atoms with Crippen LogP contribution in [0.3, 0.4) is 0 Å². The van der Waals surface area contributed by atoms with Gasteiger partial charge >= 0.3 is 0 Å². The lowest BCUT2D eigenvalue weighted by atomic mass is 9.77. The molecule has 112 valence electrons. The number of nitrogens with one attached hydrogen (secondary N) is 1. The van der Waals surface area contributed by atoms with Crippen molar-refractivity contribution in [2.24, 2.45) is 10.8 Å². The Morgan fingerprint density at radius 3 is 2.58 bits per heavy atom. The molecule has 0 bridgehead atoms. The van der Waals surface area contributed by atoms with Crippen LogP contribution >= 0.6 is 12.4 Å². The van der Waals surface area contributed by atoms with E-state index in [2.05, 4.69) is 17.1 Å². The van der Waals surface area contributed by atoms with Crippen LogP contribution in [0.2, 0.25) is 0 Å². The fraction of sp³-hybridized carbons (Fsp3) is 1.00. The summed E-state index contributed by atoms with van der Waals surface area (Å²) in [5.74, 6) is 0. The normalized spacial score (nSPS) is 34.6. The Morgan fingerprint density at radius 1 is 1.16 bits per heavy atom. The van der Waals surface area contributed by atoms with E-state index in [9.17, 15) is 0 Å². The van der Waals surface area contributed by atoms with Crippen LogP contribution in [0.5, 0.6) is 0 Å². The standard InChI is InChI=1S/C15H28N2O.ClH/c1-2-14(5-9-18-10-6-14)12-17-8-4-15(13-17)3-7-16-11-15;/h16H,2-13H2,1H3;1H. The number of hydrogen-bond acceptors (Lipinski definition) is 3. The van der Waals surface area contributed by atoms with Crippen molar-refractivity contribution in [1.29, 1.82) is 0 Å². The molecule has 0 aromatic rings. The first-order valence-electron chi connectivity index (χ1n) is 7.77. The van der Waals surface area contributed by atoms with Gasteiger partial charge in [0.05, 0.1) is 0 Å². The highest BCUT2D eigenvalue weighted by Gasteiger charge is 2.42. The van der Waals surface area contributed by atoms with E-state index >= 15 is 0 Å². The van der Waals surface area contributed by atoms with E-state index in [-0.39, 0.29) is 12.4 Å². The monoisotopic (exact) mass is 288 g/mol. The Balaban J connectivity index is 0.00000133. The molecule has 3 nitrogen and oxygen atoms in total. The maximum Gasteiger partial charge on any atom is 0.0471 e. The Hall–Kier alpha value is 0.170. The lowest BCUT2D eigenvalue weighted by molar-refractivity contribution is -0.00479. The van der Waals surface area contributed by atoms with Crippen molar-refractivity contribution in [3.05, 3.63) is 0 Å². The van der Waals surface area contributed by atoms with Gasteiger partial charge in [0, 0.05) is 32.8 Å². The fourth-order valence-corrected chi connectivity index (χ4v) is 4.21. The second kappa shape index (κ2) is 6.30. The van der Waals surface area contributed by atoms with Gasteiger partial charge in [0.1, 0.15) is 0 Å². The summed E-state index contributed by atoms with van der Waals surface area (Å²) in [7, 11) is 0. The predicted molar refractivity (Wildman–Crippen MR) is 81.0 cm³/mol. The van der Waals surface area contributed by atoms with Gasteiger partial charge in [-0.2, -0.15) is 0 Å². The molecule has 3 heterocycles. The first kappa shape index (κ1) is 15.6.